The zero-order valence-electron chi connectivity index (χ0n) is 16.4. The second-order valence-electron chi connectivity index (χ2n) is 8.01. The molecule has 4 aromatic carbocycles. The Morgan fingerprint density at radius 2 is 1.52 bits per heavy atom. The van der Waals surface area contributed by atoms with Gasteiger partial charge in [0.1, 0.15) is 0 Å². The molecule has 1 aliphatic carbocycles. The summed E-state index contributed by atoms with van der Waals surface area (Å²) in [7, 11) is 1.08. The Balaban J connectivity index is 1.85. The second kappa shape index (κ2) is 6.40. The molecule has 0 radical (unpaired) electrons. The van der Waals surface area contributed by atoms with Gasteiger partial charge in [0.2, 0.25) is 0 Å². The van der Waals surface area contributed by atoms with Crippen molar-refractivity contribution in [3.63, 3.8) is 0 Å². The van der Waals surface area contributed by atoms with E-state index >= 15 is 0 Å². The van der Waals surface area contributed by atoms with Gasteiger partial charge in [-0.3, -0.25) is 0 Å². The van der Waals surface area contributed by atoms with E-state index in [2.05, 4.69) is 84.9 Å². The van der Waals surface area contributed by atoms with Gasteiger partial charge in [-0.05, 0) is 29.4 Å². The molecule has 1 nitrogen and oxygen atoms in total. The van der Waals surface area contributed by atoms with Crippen LogP contribution in [0.15, 0.2) is 78.9 Å². The molecular weight excluding hydrogens is 366 g/mol. The van der Waals surface area contributed by atoms with Crippen LogP contribution in [0, 0.1) is 0 Å². The third-order valence-corrected chi connectivity index (χ3v) is 6.84. The molecular formula is C27H21NSi. The molecule has 29 heavy (non-hydrogen) atoms. The van der Waals surface area contributed by atoms with Crippen molar-refractivity contribution < 1.29 is 0 Å². The van der Waals surface area contributed by atoms with Gasteiger partial charge in [0, 0.05) is 37.5 Å². The molecule has 0 atom stereocenters. The maximum atomic E-state index is 5.28. The van der Waals surface area contributed by atoms with Gasteiger partial charge in [-0.25, -0.2) is 4.98 Å². The average molecular weight is 388 g/mol. The van der Waals surface area contributed by atoms with E-state index in [0.717, 1.165) is 34.1 Å². The van der Waals surface area contributed by atoms with Gasteiger partial charge in [0.15, 0.2) is 0 Å². The van der Waals surface area contributed by atoms with Crippen LogP contribution in [-0.4, -0.2) is 15.2 Å². The molecule has 0 spiro atoms. The number of fused-ring (bicyclic) bond motifs is 6. The van der Waals surface area contributed by atoms with Crippen molar-refractivity contribution >= 4 is 54.1 Å². The van der Waals surface area contributed by atoms with Crippen LogP contribution in [-0.2, 0) is 6.42 Å². The molecule has 0 fully saturated rings. The lowest BCUT2D eigenvalue weighted by Gasteiger charge is -2.18. The van der Waals surface area contributed by atoms with Crippen LogP contribution >= 0.6 is 0 Å². The summed E-state index contributed by atoms with van der Waals surface area (Å²) in [6.45, 7) is 0. The fourth-order valence-electron chi connectivity index (χ4n) is 4.68. The lowest BCUT2D eigenvalue weighted by molar-refractivity contribution is 0.988. The highest BCUT2D eigenvalue weighted by molar-refractivity contribution is 6.32. The predicted octanol–water partition coefficient (Wildman–Crippen LogP) is 5.16. The van der Waals surface area contributed by atoms with E-state index in [4.69, 9.17) is 4.98 Å². The molecule has 138 valence electrons. The Kier molecular flexibility index (Phi) is 3.68. The quantitative estimate of drug-likeness (QED) is 0.220. The molecule has 5 aromatic rings. The van der Waals surface area contributed by atoms with Crippen molar-refractivity contribution in [3.8, 4) is 11.1 Å². The summed E-state index contributed by atoms with van der Waals surface area (Å²) >= 11 is 0. The van der Waals surface area contributed by atoms with E-state index in [1.165, 1.54) is 49.0 Å². The number of pyridine rings is 1. The summed E-state index contributed by atoms with van der Waals surface area (Å²) in [4.78, 5) is 5.28. The molecule has 0 unspecified atom stereocenters. The van der Waals surface area contributed by atoms with E-state index in [0.29, 0.717) is 0 Å². The van der Waals surface area contributed by atoms with Crippen LogP contribution in [0.5, 0.6) is 0 Å². The molecule has 1 aliphatic rings. The van der Waals surface area contributed by atoms with Gasteiger partial charge in [-0.1, -0.05) is 90.1 Å². The first-order valence-corrected chi connectivity index (χ1v) is 11.3. The zero-order valence-corrected chi connectivity index (χ0v) is 18.4. The topological polar surface area (TPSA) is 12.9 Å². The Morgan fingerprint density at radius 1 is 0.724 bits per heavy atom. The maximum absolute atomic E-state index is 5.28. The first kappa shape index (κ1) is 16.7. The van der Waals surface area contributed by atoms with Crippen molar-refractivity contribution in [2.45, 2.75) is 12.8 Å². The number of aryl methyl sites for hydroxylation is 1. The van der Waals surface area contributed by atoms with Crippen molar-refractivity contribution in [3.05, 3.63) is 90.0 Å². The van der Waals surface area contributed by atoms with E-state index < -0.39 is 0 Å². The predicted molar refractivity (Wildman–Crippen MR) is 129 cm³/mol. The number of hydrogen-bond acceptors (Lipinski definition) is 1. The second-order valence-corrected chi connectivity index (χ2v) is 9.17. The van der Waals surface area contributed by atoms with E-state index in [1.807, 2.05) is 0 Å². The standard InChI is InChI=1S/C27H21NSi/c29-20-13-9-19(10-14-20)25-23-15-11-17-5-1-3-7-21(17)26(23)28-27-22-8-4-2-6-18(22)12-16-24(25)27/h1,3-5,7-16H,2,6H2,29H3. The number of allylic oxidation sites excluding steroid dienone is 1. The fraction of sp³-hybridized carbons (Fsp3) is 0.0741. The Labute approximate surface area is 173 Å². The lowest BCUT2D eigenvalue weighted by Crippen LogP contribution is -2.01. The minimum Gasteiger partial charge on any atom is -0.246 e. The smallest absolute Gasteiger partial charge is 0.0794 e. The third kappa shape index (κ3) is 2.56. The summed E-state index contributed by atoms with van der Waals surface area (Å²) in [5.41, 5.74) is 7.52. The summed E-state index contributed by atoms with van der Waals surface area (Å²) in [6, 6.07) is 26.8. The first-order chi connectivity index (χ1) is 14.3. The Hall–Kier alpha value is -3.23. The van der Waals surface area contributed by atoms with Gasteiger partial charge in [0.05, 0.1) is 11.0 Å². The van der Waals surface area contributed by atoms with Crippen LogP contribution in [0.3, 0.4) is 0 Å². The third-order valence-electron chi connectivity index (χ3n) is 6.18. The highest BCUT2D eigenvalue weighted by Gasteiger charge is 2.17. The fourth-order valence-corrected chi connectivity index (χ4v) is 5.01. The van der Waals surface area contributed by atoms with E-state index in [-0.39, 0.29) is 0 Å². The lowest BCUT2D eigenvalue weighted by atomic mass is 9.89. The SMILES string of the molecule is [SiH3]c1ccc(-c2c3ccc4c(c3nc3c2ccc2ccccc23)C=CCC4)cc1. The zero-order chi connectivity index (χ0) is 19.4. The van der Waals surface area contributed by atoms with Crippen molar-refractivity contribution in [1.29, 1.82) is 0 Å². The molecule has 0 saturated carbocycles. The minimum atomic E-state index is 1.08. The Morgan fingerprint density at radius 3 is 2.41 bits per heavy atom. The largest absolute Gasteiger partial charge is 0.246 e. The van der Waals surface area contributed by atoms with E-state index in [1.54, 1.807) is 0 Å². The number of rotatable bonds is 1. The molecule has 0 N–H and O–H groups in total. The summed E-state index contributed by atoms with van der Waals surface area (Å²) in [6.07, 6.45) is 6.77. The molecule has 0 aliphatic heterocycles. The summed E-state index contributed by atoms with van der Waals surface area (Å²) < 4.78 is 0. The van der Waals surface area contributed by atoms with Crippen molar-refractivity contribution in [1.82, 2.24) is 4.98 Å². The molecule has 0 bridgehead atoms. The van der Waals surface area contributed by atoms with E-state index in [9.17, 15) is 0 Å². The number of hydrogen-bond donors (Lipinski definition) is 0. The monoisotopic (exact) mass is 387 g/mol. The molecule has 2 heteroatoms. The van der Waals surface area contributed by atoms with Crippen molar-refractivity contribution in [2.75, 3.05) is 0 Å². The van der Waals surface area contributed by atoms with Gasteiger partial charge in [-0.2, -0.15) is 0 Å². The summed E-state index contributed by atoms with van der Waals surface area (Å²) in [5.74, 6) is 0. The molecule has 0 saturated heterocycles. The van der Waals surface area contributed by atoms with Crippen LogP contribution in [0.25, 0.3) is 49.8 Å². The average Bonchev–Trinajstić information content (AvgIpc) is 2.78. The van der Waals surface area contributed by atoms with Crippen LogP contribution in [0.1, 0.15) is 17.5 Å². The van der Waals surface area contributed by atoms with Crippen molar-refractivity contribution in [2.24, 2.45) is 0 Å². The molecule has 1 aromatic heterocycles. The van der Waals surface area contributed by atoms with Gasteiger partial charge < -0.3 is 0 Å². The normalized spacial score (nSPS) is 13.4. The number of nitrogens with zero attached hydrogens (tertiary/aromatic N) is 1. The van der Waals surface area contributed by atoms with Crippen LogP contribution < -0.4 is 5.19 Å². The van der Waals surface area contributed by atoms with Gasteiger partial charge in [-0.15, -0.1) is 0 Å². The molecule has 1 heterocycles. The van der Waals surface area contributed by atoms with Crippen LogP contribution in [0.2, 0.25) is 0 Å². The van der Waals surface area contributed by atoms with Gasteiger partial charge in [0.25, 0.3) is 0 Å². The molecule has 6 rings (SSSR count). The Bertz CT molecular complexity index is 1450. The highest BCUT2D eigenvalue weighted by atomic mass is 28.1. The number of aromatic nitrogens is 1. The maximum Gasteiger partial charge on any atom is 0.0794 e. The summed E-state index contributed by atoms with van der Waals surface area (Å²) in [5, 5.41) is 6.37. The van der Waals surface area contributed by atoms with Gasteiger partial charge >= 0.3 is 0 Å². The molecule has 0 amide bonds. The first-order valence-electron chi connectivity index (χ1n) is 10.3. The minimum absolute atomic E-state index is 1.08. The highest BCUT2D eigenvalue weighted by Crippen LogP contribution is 2.39. The van der Waals surface area contributed by atoms with Crippen LogP contribution in [0.4, 0.5) is 0 Å². The number of benzene rings is 4.